The Morgan fingerprint density at radius 2 is 1.92 bits per heavy atom. The van der Waals surface area contributed by atoms with E-state index in [1.807, 2.05) is 41.1 Å². The van der Waals surface area contributed by atoms with Crippen LogP contribution in [-0.4, -0.2) is 49.9 Å². The molecule has 1 atom stereocenters. The number of aryl methyl sites for hydroxylation is 2. The lowest BCUT2D eigenvalue weighted by Gasteiger charge is -2.22. The van der Waals surface area contributed by atoms with Crippen molar-refractivity contribution in [2.75, 3.05) is 13.7 Å². The van der Waals surface area contributed by atoms with Gasteiger partial charge in [0.1, 0.15) is 5.75 Å². The second-order valence-corrected chi connectivity index (χ2v) is 9.55. The first-order valence-corrected chi connectivity index (χ1v) is 12.3. The molecular weight excluding hydrogens is 456 g/mol. The van der Waals surface area contributed by atoms with Crippen LogP contribution in [0.4, 0.5) is 0 Å². The van der Waals surface area contributed by atoms with E-state index < -0.39 is 0 Å². The van der Waals surface area contributed by atoms with Crippen molar-refractivity contribution in [2.45, 2.75) is 59.0 Å². The van der Waals surface area contributed by atoms with E-state index in [1.165, 1.54) is 5.56 Å². The number of methoxy groups -OCH3 is 1. The fourth-order valence-electron chi connectivity index (χ4n) is 4.70. The molecule has 188 valence electrons. The van der Waals surface area contributed by atoms with Crippen LogP contribution in [0.2, 0.25) is 0 Å². The predicted octanol–water partition coefficient (Wildman–Crippen LogP) is 3.52. The van der Waals surface area contributed by atoms with Crippen molar-refractivity contribution in [3.05, 3.63) is 80.9 Å². The van der Waals surface area contributed by atoms with Gasteiger partial charge >= 0.3 is 0 Å². The molecule has 3 heterocycles. The van der Waals surface area contributed by atoms with Crippen molar-refractivity contribution in [1.82, 2.24) is 30.1 Å². The van der Waals surface area contributed by atoms with Gasteiger partial charge in [0.2, 0.25) is 0 Å². The number of fused-ring (bicyclic) bond motifs is 1. The number of nitrogens with zero attached hydrogens (tertiary/aromatic N) is 5. The first kappa shape index (κ1) is 24.1. The van der Waals surface area contributed by atoms with Gasteiger partial charge in [0, 0.05) is 30.8 Å². The maximum atomic E-state index is 13.0. The van der Waals surface area contributed by atoms with Gasteiger partial charge in [-0.3, -0.25) is 9.69 Å². The summed E-state index contributed by atoms with van der Waals surface area (Å²) in [5, 5.41) is 13.5. The highest BCUT2D eigenvalue weighted by Gasteiger charge is 2.21. The molecule has 0 spiro atoms. The van der Waals surface area contributed by atoms with Gasteiger partial charge in [0.25, 0.3) is 5.56 Å². The van der Waals surface area contributed by atoms with Crippen LogP contribution in [0.3, 0.4) is 0 Å². The molecule has 1 unspecified atom stereocenters. The lowest BCUT2D eigenvalue weighted by Crippen LogP contribution is -2.29. The molecule has 4 aromatic rings. The second-order valence-electron chi connectivity index (χ2n) is 9.55. The maximum Gasteiger partial charge on any atom is 0.252 e. The standard InChI is InChI=1S/C27H32N6O3/c1-18-11-21-13-22(27(34)28-25(21)12-19(18)2)15-32(14-20-6-8-23(35-3)9-7-20)17-26-29-30-31-33(26)16-24-5-4-10-36-24/h6-9,11-13,24H,4-5,10,14-17H2,1-3H3,(H,28,34). The Kier molecular flexibility index (Phi) is 7.11. The van der Waals surface area contributed by atoms with Crippen LogP contribution in [0.1, 0.15) is 40.9 Å². The van der Waals surface area contributed by atoms with Gasteiger partial charge in [-0.05, 0) is 89.5 Å². The maximum absolute atomic E-state index is 13.0. The number of benzene rings is 2. The summed E-state index contributed by atoms with van der Waals surface area (Å²) in [4.78, 5) is 18.3. The third-order valence-electron chi connectivity index (χ3n) is 6.87. The van der Waals surface area contributed by atoms with Crippen molar-refractivity contribution in [2.24, 2.45) is 0 Å². The van der Waals surface area contributed by atoms with Gasteiger partial charge in [-0.2, -0.15) is 0 Å². The van der Waals surface area contributed by atoms with Gasteiger partial charge in [-0.1, -0.05) is 12.1 Å². The van der Waals surface area contributed by atoms with E-state index in [1.54, 1.807) is 7.11 Å². The molecule has 0 radical (unpaired) electrons. The van der Waals surface area contributed by atoms with Crippen LogP contribution >= 0.6 is 0 Å². The van der Waals surface area contributed by atoms with Gasteiger partial charge in [0.15, 0.2) is 5.82 Å². The Hall–Kier alpha value is -3.56. The highest BCUT2D eigenvalue weighted by Crippen LogP contribution is 2.20. The third-order valence-corrected chi connectivity index (χ3v) is 6.87. The fraction of sp³-hybridized carbons (Fsp3) is 0.407. The number of H-pyrrole nitrogens is 1. The van der Waals surface area contributed by atoms with E-state index in [-0.39, 0.29) is 11.7 Å². The molecule has 5 rings (SSSR count). The summed E-state index contributed by atoms with van der Waals surface area (Å²) in [6.45, 7) is 7.14. The molecule has 0 saturated carbocycles. The molecule has 1 N–H and O–H groups in total. The minimum absolute atomic E-state index is 0.0792. The van der Waals surface area contributed by atoms with Gasteiger partial charge in [-0.15, -0.1) is 5.10 Å². The molecule has 1 aliphatic heterocycles. The average molecular weight is 489 g/mol. The lowest BCUT2D eigenvalue weighted by atomic mass is 10.0. The van der Waals surface area contributed by atoms with E-state index in [9.17, 15) is 4.79 Å². The summed E-state index contributed by atoms with van der Waals surface area (Å²) in [7, 11) is 1.66. The molecule has 0 aliphatic carbocycles. The van der Waals surface area contributed by atoms with Gasteiger partial charge < -0.3 is 14.5 Å². The van der Waals surface area contributed by atoms with Crippen molar-refractivity contribution in [1.29, 1.82) is 0 Å². The SMILES string of the molecule is COc1ccc(CN(Cc2cc3cc(C)c(C)cc3[nH]c2=O)Cc2nnnn2CC2CCCO2)cc1. The van der Waals surface area contributed by atoms with E-state index >= 15 is 0 Å². The van der Waals surface area contributed by atoms with Gasteiger partial charge in [-0.25, -0.2) is 4.68 Å². The molecule has 1 fully saturated rings. The number of tetrazole rings is 1. The molecular formula is C27H32N6O3. The van der Waals surface area contributed by atoms with Crippen molar-refractivity contribution in [3.63, 3.8) is 0 Å². The molecule has 2 aromatic heterocycles. The third kappa shape index (κ3) is 5.47. The largest absolute Gasteiger partial charge is 0.497 e. The summed E-state index contributed by atoms with van der Waals surface area (Å²) in [5.74, 6) is 1.56. The van der Waals surface area contributed by atoms with Gasteiger partial charge in [0.05, 0.1) is 26.3 Å². The number of ether oxygens (including phenoxy) is 2. The van der Waals surface area contributed by atoms with E-state index in [2.05, 4.69) is 45.3 Å². The summed E-state index contributed by atoms with van der Waals surface area (Å²) in [5.41, 5.74) is 4.95. The summed E-state index contributed by atoms with van der Waals surface area (Å²) in [6.07, 6.45) is 2.22. The number of pyridine rings is 1. The van der Waals surface area contributed by atoms with Crippen molar-refractivity contribution in [3.8, 4) is 5.75 Å². The van der Waals surface area contributed by atoms with E-state index in [0.717, 1.165) is 53.1 Å². The zero-order valence-corrected chi connectivity index (χ0v) is 21.0. The van der Waals surface area contributed by atoms with Crippen LogP contribution in [0.25, 0.3) is 10.9 Å². The van der Waals surface area contributed by atoms with Crippen LogP contribution in [0.15, 0.2) is 47.3 Å². The van der Waals surface area contributed by atoms with Crippen molar-refractivity contribution >= 4 is 10.9 Å². The first-order chi connectivity index (χ1) is 17.5. The summed E-state index contributed by atoms with van der Waals surface area (Å²) >= 11 is 0. The van der Waals surface area contributed by atoms with Crippen LogP contribution in [0.5, 0.6) is 5.75 Å². The Balaban J connectivity index is 1.43. The summed E-state index contributed by atoms with van der Waals surface area (Å²) in [6, 6.07) is 14.1. The average Bonchev–Trinajstić information content (AvgIpc) is 3.54. The Morgan fingerprint density at radius 1 is 1.11 bits per heavy atom. The lowest BCUT2D eigenvalue weighted by molar-refractivity contribution is 0.0914. The molecule has 9 nitrogen and oxygen atoms in total. The Labute approximate surface area is 210 Å². The number of nitrogens with one attached hydrogen (secondary N) is 1. The predicted molar refractivity (Wildman–Crippen MR) is 137 cm³/mol. The minimum Gasteiger partial charge on any atom is -0.497 e. The molecule has 0 amide bonds. The number of hydrogen-bond acceptors (Lipinski definition) is 7. The summed E-state index contributed by atoms with van der Waals surface area (Å²) < 4.78 is 12.9. The zero-order chi connectivity index (χ0) is 25.1. The normalized spacial score (nSPS) is 15.7. The van der Waals surface area contributed by atoms with E-state index in [4.69, 9.17) is 9.47 Å². The molecule has 0 bridgehead atoms. The quantitative estimate of drug-likeness (QED) is 0.385. The molecule has 2 aromatic carbocycles. The monoisotopic (exact) mass is 488 g/mol. The Bertz CT molecular complexity index is 1390. The number of aromatic amines is 1. The topological polar surface area (TPSA) is 98.2 Å². The first-order valence-electron chi connectivity index (χ1n) is 12.3. The minimum atomic E-state index is -0.0792. The highest BCUT2D eigenvalue weighted by atomic mass is 16.5. The smallest absolute Gasteiger partial charge is 0.252 e. The Morgan fingerprint density at radius 3 is 2.67 bits per heavy atom. The second kappa shape index (κ2) is 10.6. The zero-order valence-electron chi connectivity index (χ0n) is 21.0. The fourth-order valence-corrected chi connectivity index (χ4v) is 4.70. The molecule has 1 aliphatic rings. The van der Waals surface area contributed by atoms with Crippen molar-refractivity contribution < 1.29 is 9.47 Å². The molecule has 36 heavy (non-hydrogen) atoms. The molecule has 1 saturated heterocycles. The van der Waals surface area contributed by atoms with E-state index in [0.29, 0.717) is 31.7 Å². The highest BCUT2D eigenvalue weighted by molar-refractivity contribution is 5.80. The van der Waals surface area contributed by atoms with Crippen LogP contribution < -0.4 is 10.3 Å². The molecule has 9 heteroatoms. The number of rotatable bonds is 9. The number of aromatic nitrogens is 5. The number of hydrogen-bond donors (Lipinski definition) is 1. The van der Waals surface area contributed by atoms with Crippen LogP contribution in [-0.2, 0) is 30.9 Å². The van der Waals surface area contributed by atoms with Crippen LogP contribution in [0, 0.1) is 13.8 Å².